The van der Waals surface area contributed by atoms with Crippen molar-refractivity contribution in [3.8, 4) is 22.6 Å². The van der Waals surface area contributed by atoms with Gasteiger partial charge in [-0.3, -0.25) is 0 Å². The number of hydrogen-bond donors (Lipinski definition) is 0. The van der Waals surface area contributed by atoms with Gasteiger partial charge in [-0.05, 0) is 45.8 Å². The number of thiophene rings is 1. The van der Waals surface area contributed by atoms with Crippen LogP contribution in [0.5, 0.6) is 0 Å². The van der Waals surface area contributed by atoms with Crippen LogP contribution in [0.1, 0.15) is 0 Å². The van der Waals surface area contributed by atoms with Crippen LogP contribution in [-0.4, -0.2) is 9.97 Å². The molecule has 9 aromatic rings. The smallest absolute Gasteiger partial charge is 0.160 e. The van der Waals surface area contributed by atoms with Gasteiger partial charge in [-0.25, -0.2) is 9.97 Å². The molecule has 9 rings (SSSR count). The second kappa shape index (κ2) is 7.37. The highest BCUT2D eigenvalue weighted by molar-refractivity contribution is 7.26. The number of nitrogens with zero attached hydrogens (tertiary/aromatic N) is 2. The van der Waals surface area contributed by atoms with Crippen molar-refractivity contribution in [2.24, 2.45) is 0 Å². The first-order valence-corrected chi connectivity index (χ1v) is 13.5. The van der Waals surface area contributed by atoms with Crippen molar-refractivity contribution in [2.45, 2.75) is 0 Å². The molecular formula is C34H18N2OS. The van der Waals surface area contributed by atoms with Crippen LogP contribution in [0.2, 0.25) is 0 Å². The Kier molecular flexibility index (Phi) is 3.93. The summed E-state index contributed by atoms with van der Waals surface area (Å²) in [5.41, 5.74) is 5.96. The summed E-state index contributed by atoms with van der Waals surface area (Å²) in [6, 6.07) is 38.2. The van der Waals surface area contributed by atoms with E-state index in [0.717, 1.165) is 44.0 Å². The van der Waals surface area contributed by atoms with Crippen LogP contribution in [0.25, 0.3) is 86.4 Å². The van der Waals surface area contributed by atoms with Crippen LogP contribution < -0.4 is 0 Å². The molecule has 3 heterocycles. The summed E-state index contributed by atoms with van der Waals surface area (Å²) in [4.78, 5) is 10.4. The Balaban J connectivity index is 1.39. The highest BCUT2D eigenvalue weighted by atomic mass is 32.1. The molecule has 0 aliphatic carbocycles. The zero-order chi connectivity index (χ0) is 24.8. The predicted molar refractivity (Wildman–Crippen MR) is 159 cm³/mol. The van der Waals surface area contributed by atoms with Gasteiger partial charge in [-0.2, -0.15) is 0 Å². The molecule has 0 fully saturated rings. The van der Waals surface area contributed by atoms with E-state index in [2.05, 4.69) is 103 Å². The van der Waals surface area contributed by atoms with Gasteiger partial charge in [0.1, 0.15) is 11.2 Å². The summed E-state index contributed by atoms with van der Waals surface area (Å²) < 4.78 is 8.57. The van der Waals surface area contributed by atoms with E-state index in [1.165, 1.54) is 42.4 Å². The molecule has 0 aliphatic heterocycles. The fourth-order valence-electron chi connectivity index (χ4n) is 5.97. The molecule has 4 heteroatoms. The van der Waals surface area contributed by atoms with Gasteiger partial charge in [0.15, 0.2) is 5.82 Å². The van der Waals surface area contributed by atoms with Gasteiger partial charge < -0.3 is 4.42 Å². The van der Waals surface area contributed by atoms with Crippen LogP contribution in [0.3, 0.4) is 0 Å². The molecule has 0 amide bonds. The van der Waals surface area contributed by atoms with Gasteiger partial charge in [0.25, 0.3) is 0 Å². The van der Waals surface area contributed by atoms with Crippen LogP contribution in [0, 0.1) is 0 Å². The molecule has 0 aliphatic rings. The molecule has 0 atom stereocenters. The van der Waals surface area contributed by atoms with Crippen molar-refractivity contribution in [3.63, 3.8) is 0 Å². The molecular weight excluding hydrogens is 484 g/mol. The average molecular weight is 503 g/mol. The van der Waals surface area contributed by atoms with Gasteiger partial charge in [0.05, 0.1) is 15.9 Å². The summed E-state index contributed by atoms with van der Waals surface area (Å²) in [6.45, 7) is 0. The van der Waals surface area contributed by atoms with E-state index in [-0.39, 0.29) is 0 Å². The Bertz CT molecular complexity index is 2350. The minimum atomic E-state index is 0.742. The maximum atomic E-state index is 6.22. The van der Waals surface area contributed by atoms with Crippen LogP contribution in [-0.2, 0) is 0 Å². The van der Waals surface area contributed by atoms with Crippen LogP contribution in [0.4, 0.5) is 0 Å². The Morgan fingerprint density at radius 3 is 2.05 bits per heavy atom. The third kappa shape index (κ3) is 2.67. The molecule has 0 unspecified atom stereocenters. The molecule has 0 bridgehead atoms. The van der Waals surface area contributed by atoms with Gasteiger partial charge in [-0.1, -0.05) is 84.9 Å². The lowest BCUT2D eigenvalue weighted by Gasteiger charge is -2.11. The summed E-state index contributed by atoms with van der Waals surface area (Å²) in [5.74, 6) is 0.742. The van der Waals surface area contributed by atoms with Crippen molar-refractivity contribution in [1.82, 2.24) is 9.97 Å². The molecule has 0 saturated carbocycles. The number of rotatable bonds is 2. The van der Waals surface area contributed by atoms with Crippen molar-refractivity contribution in [1.29, 1.82) is 0 Å². The van der Waals surface area contributed by atoms with E-state index in [1.54, 1.807) is 11.3 Å². The average Bonchev–Trinajstić information content (AvgIpc) is 3.55. The third-order valence-corrected chi connectivity index (χ3v) is 8.81. The summed E-state index contributed by atoms with van der Waals surface area (Å²) in [7, 11) is 0. The molecule has 3 aromatic heterocycles. The number of benzene rings is 6. The standard InChI is InChI=1S/C34H18N2OS/c1-2-8-19(9-3-1)31-33-32(24-10-4-5-15-28(24)38-33)36-34(35-31)20-16-17-21-22-11-6-13-26-29(22)30-23(25(21)18-20)12-7-14-27(30)37-26/h1-18H. The zero-order valence-corrected chi connectivity index (χ0v) is 20.9. The summed E-state index contributed by atoms with van der Waals surface area (Å²) in [5, 5.41) is 8.38. The lowest BCUT2D eigenvalue weighted by Crippen LogP contribution is -1.94. The van der Waals surface area contributed by atoms with Crippen molar-refractivity contribution in [2.75, 3.05) is 0 Å². The molecule has 0 radical (unpaired) electrons. The first-order chi connectivity index (χ1) is 18.8. The number of furan rings is 1. The van der Waals surface area contributed by atoms with Crippen molar-refractivity contribution < 1.29 is 4.42 Å². The van der Waals surface area contributed by atoms with Crippen LogP contribution >= 0.6 is 11.3 Å². The monoisotopic (exact) mass is 502 g/mol. The first-order valence-electron chi connectivity index (χ1n) is 12.7. The van der Waals surface area contributed by atoms with Crippen molar-refractivity contribution >= 4 is 75.1 Å². The fourth-order valence-corrected chi connectivity index (χ4v) is 7.12. The van der Waals surface area contributed by atoms with E-state index in [0.29, 0.717) is 0 Å². The number of aromatic nitrogens is 2. The highest BCUT2D eigenvalue weighted by Crippen LogP contribution is 2.44. The molecule has 0 saturated heterocycles. The summed E-state index contributed by atoms with van der Waals surface area (Å²) in [6.07, 6.45) is 0. The predicted octanol–water partition coefficient (Wildman–Crippen LogP) is 9.82. The topological polar surface area (TPSA) is 38.9 Å². The Labute approximate surface area is 220 Å². The maximum absolute atomic E-state index is 6.22. The molecule has 0 spiro atoms. The lowest BCUT2D eigenvalue weighted by atomic mass is 9.93. The quantitative estimate of drug-likeness (QED) is 0.221. The van der Waals surface area contributed by atoms with Gasteiger partial charge in [0, 0.05) is 32.0 Å². The first kappa shape index (κ1) is 20.3. The highest BCUT2D eigenvalue weighted by Gasteiger charge is 2.19. The van der Waals surface area contributed by atoms with E-state index in [4.69, 9.17) is 14.4 Å². The Morgan fingerprint density at radius 1 is 0.526 bits per heavy atom. The van der Waals surface area contributed by atoms with Gasteiger partial charge in [-0.15, -0.1) is 11.3 Å². The van der Waals surface area contributed by atoms with E-state index in [9.17, 15) is 0 Å². The molecule has 3 nitrogen and oxygen atoms in total. The third-order valence-electron chi connectivity index (χ3n) is 7.65. The Morgan fingerprint density at radius 2 is 1.24 bits per heavy atom. The maximum Gasteiger partial charge on any atom is 0.160 e. The SMILES string of the molecule is c1ccc(-c2nc(-c3ccc4c(c3)c3cccc5oc6cccc4c6c53)nc3c2sc2ccccc23)cc1. The second-order valence-corrected chi connectivity index (χ2v) is 10.8. The molecule has 176 valence electrons. The van der Waals surface area contributed by atoms with E-state index >= 15 is 0 Å². The van der Waals surface area contributed by atoms with E-state index in [1.807, 2.05) is 6.07 Å². The Hall–Kier alpha value is -4.80. The normalized spacial score (nSPS) is 12.2. The molecule has 6 aromatic carbocycles. The minimum absolute atomic E-state index is 0.742. The fraction of sp³-hybridized carbons (Fsp3) is 0. The van der Waals surface area contributed by atoms with Gasteiger partial charge >= 0.3 is 0 Å². The lowest BCUT2D eigenvalue weighted by molar-refractivity contribution is 0.669. The van der Waals surface area contributed by atoms with Crippen LogP contribution in [0.15, 0.2) is 114 Å². The molecule has 38 heavy (non-hydrogen) atoms. The summed E-state index contributed by atoms with van der Waals surface area (Å²) >= 11 is 1.76. The number of fused-ring (bicyclic) bond motifs is 6. The number of hydrogen-bond acceptors (Lipinski definition) is 4. The second-order valence-electron chi connectivity index (χ2n) is 9.76. The minimum Gasteiger partial charge on any atom is -0.456 e. The van der Waals surface area contributed by atoms with E-state index < -0.39 is 0 Å². The molecule has 0 N–H and O–H groups in total. The van der Waals surface area contributed by atoms with Gasteiger partial charge in [0.2, 0.25) is 0 Å². The largest absolute Gasteiger partial charge is 0.456 e. The van der Waals surface area contributed by atoms with Crippen molar-refractivity contribution in [3.05, 3.63) is 109 Å². The zero-order valence-electron chi connectivity index (χ0n) is 20.1.